The quantitative estimate of drug-likeness (QED) is 0.494. The van der Waals surface area contributed by atoms with Crippen molar-refractivity contribution in [3.05, 3.63) is 70.9 Å². The molecule has 2 aliphatic rings. The number of anilines is 1. The number of primary amides is 1. The van der Waals surface area contributed by atoms with Crippen LogP contribution in [0.1, 0.15) is 31.2 Å². The van der Waals surface area contributed by atoms with Crippen molar-refractivity contribution < 1.29 is 9.53 Å². The maximum absolute atomic E-state index is 11.0. The van der Waals surface area contributed by atoms with Gasteiger partial charge in [0.2, 0.25) is 5.91 Å². The van der Waals surface area contributed by atoms with Gasteiger partial charge < -0.3 is 20.3 Å². The summed E-state index contributed by atoms with van der Waals surface area (Å²) in [6, 6.07) is 13.6. The number of ether oxygens (including phenoxy) is 1. The summed E-state index contributed by atoms with van der Waals surface area (Å²) in [4.78, 5) is 15.7. The highest BCUT2D eigenvalue weighted by Crippen LogP contribution is 2.26. The molecule has 2 saturated heterocycles. The standard InChI is InChI=1S/C15H20ClNO.C11H13ClN2O/c1-2-18-15-8-7-13(12-14(15)16)6-5-11-17-9-3-4-10-17;12-9-1-3-10(4-2-9)14-6-5-8(7-14)11(13)15/h2,7-8,12H,1,3-6,9-11H2;1-4,8H,5-7H2,(H2,13,15). The van der Waals surface area contributed by atoms with E-state index < -0.39 is 0 Å². The number of carbonyl (C=O) groups is 1. The second kappa shape index (κ2) is 12.9. The highest BCUT2D eigenvalue weighted by atomic mass is 35.5. The SMILES string of the molecule is C=COc1ccc(CCCN2CCCC2)cc1Cl.NC(=O)C1CCN(c2ccc(Cl)cc2)C1. The van der Waals surface area contributed by atoms with Crippen molar-refractivity contribution in [1.82, 2.24) is 4.90 Å². The molecule has 2 heterocycles. The Morgan fingerprint density at radius 1 is 1.12 bits per heavy atom. The van der Waals surface area contributed by atoms with E-state index in [1.54, 1.807) is 0 Å². The number of nitrogens with zero attached hydrogens (tertiary/aromatic N) is 2. The van der Waals surface area contributed by atoms with Gasteiger partial charge in [0.05, 0.1) is 17.2 Å². The number of amides is 1. The van der Waals surface area contributed by atoms with Crippen LogP contribution in [0.3, 0.4) is 0 Å². The van der Waals surface area contributed by atoms with Crippen LogP contribution in [0.15, 0.2) is 55.3 Å². The third kappa shape index (κ3) is 7.95. The summed E-state index contributed by atoms with van der Waals surface area (Å²) in [5.74, 6) is 0.460. The fourth-order valence-electron chi connectivity index (χ4n) is 4.28. The van der Waals surface area contributed by atoms with E-state index in [1.807, 2.05) is 36.4 Å². The van der Waals surface area contributed by atoms with Gasteiger partial charge in [0, 0.05) is 23.8 Å². The first-order valence-corrected chi connectivity index (χ1v) is 12.3. The molecule has 1 amide bonds. The van der Waals surface area contributed by atoms with Gasteiger partial charge in [-0.25, -0.2) is 0 Å². The van der Waals surface area contributed by atoms with Crippen LogP contribution in [0.4, 0.5) is 5.69 Å². The molecule has 0 saturated carbocycles. The molecule has 7 heteroatoms. The zero-order chi connectivity index (χ0) is 23.6. The Labute approximate surface area is 207 Å². The second-order valence-electron chi connectivity index (χ2n) is 8.51. The van der Waals surface area contributed by atoms with E-state index >= 15 is 0 Å². The lowest BCUT2D eigenvalue weighted by Crippen LogP contribution is -2.27. The van der Waals surface area contributed by atoms with Crippen molar-refractivity contribution in [3.8, 4) is 5.75 Å². The van der Waals surface area contributed by atoms with Crippen LogP contribution in [-0.2, 0) is 11.2 Å². The van der Waals surface area contributed by atoms with Gasteiger partial charge in [-0.1, -0.05) is 35.8 Å². The zero-order valence-electron chi connectivity index (χ0n) is 19.0. The molecule has 2 fully saturated rings. The maximum Gasteiger partial charge on any atom is 0.222 e. The maximum atomic E-state index is 11.0. The fraction of sp³-hybridized carbons (Fsp3) is 0.423. The van der Waals surface area contributed by atoms with Gasteiger partial charge in [-0.15, -0.1) is 0 Å². The number of hydrogen-bond donors (Lipinski definition) is 1. The number of likely N-dealkylation sites (tertiary alicyclic amines) is 1. The minimum absolute atomic E-state index is 0.0133. The summed E-state index contributed by atoms with van der Waals surface area (Å²) >= 11 is 11.9. The number of hydrogen-bond acceptors (Lipinski definition) is 4. The molecule has 0 radical (unpaired) electrons. The monoisotopic (exact) mass is 489 g/mol. The van der Waals surface area contributed by atoms with E-state index in [4.69, 9.17) is 33.7 Å². The fourth-order valence-corrected chi connectivity index (χ4v) is 4.65. The van der Waals surface area contributed by atoms with Crippen LogP contribution in [0, 0.1) is 5.92 Å². The number of benzene rings is 2. The van der Waals surface area contributed by atoms with Gasteiger partial charge in [-0.3, -0.25) is 4.79 Å². The highest BCUT2D eigenvalue weighted by molar-refractivity contribution is 6.32. The molecule has 5 nitrogen and oxygen atoms in total. The average Bonchev–Trinajstić information content (AvgIpc) is 3.49. The summed E-state index contributed by atoms with van der Waals surface area (Å²) < 4.78 is 5.20. The molecule has 1 unspecified atom stereocenters. The Balaban J connectivity index is 0.000000189. The van der Waals surface area contributed by atoms with Gasteiger partial charge in [-0.2, -0.15) is 0 Å². The summed E-state index contributed by atoms with van der Waals surface area (Å²) in [6.45, 7) is 8.87. The molecule has 0 aromatic heterocycles. The summed E-state index contributed by atoms with van der Waals surface area (Å²) in [7, 11) is 0. The molecule has 2 aliphatic heterocycles. The smallest absolute Gasteiger partial charge is 0.222 e. The summed E-state index contributed by atoms with van der Waals surface area (Å²) in [6.07, 6.45) is 7.23. The number of rotatable bonds is 8. The lowest BCUT2D eigenvalue weighted by molar-refractivity contribution is -0.121. The number of halogens is 2. The van der Waals surface area contributed by atoms with Crippen molar-refractivity contribution in [2.75, 3.05) is 37.6 Å². The van der Waals surface area contributed by atoms with Gasteiger partial charge in [0.1, 0.15) is 5.75 Å². The van der Waals surface area contributed by atoms with Crippen LogP contribution in [-0.4, -0.2) is 43.5 Å². The molecule has 2 aromatic rings. The van der Waals surface area contributed by atoms with Crippen molar-refractivity contribution in [3.63, 3.8) is 0 Å². The number of aryl methyl sites for hydroxylation is 1. The minimum atomic E-state index is -0.202. The van der Waals surface area contributed by atoms with E-state index in [0.717, 1.165) is 36.6 Å². The van der Waals surface area contributed by atoms with E-state index in [2.05, 4.69) is 22.4 Å². The van der Waals surface area contributed by atoms with Crippen LogP contribution in [0.5, 0.6) is 5.75 Å². The first-order chi connectivity index (χ1) is 16.0. The van der Waals surface area contributed by atoms with Crippen LogP contribution < -0.4 is 15.4 Å². The van der Waals surface area contributed by atoms with Gasteiger partial charge >= 0.3 is 0 Å². The first kappa shape index (κ1) is 25.4. The first-order valence-electron chi connectivity index (χ1n) is 11.5. The van der Waals surface area contributed by atoms with E-state index in [-0.39, 0.29) is 11.8 Å². The normalized spacial score (nSPS) is 18.0. The molecular weight excluding hydrogens is 457 g/mol. The Bertz CT molecular complexity index is 914. The predicted octanol–water partition coefficient (Wildman–Crippen LogP) is 5.54. The molecule has 0 spiro atoms. The Morgan fingerprint density at radius 3 is 2.45 bits per heavy atom. The van der Waals surface area contributed by atoms with Crippen LogP contribution >= 0.6 is 23.2 Å². The van der Waals surface area contributed by atoms with Crippen LogP contribution in [0.2, 0.25) is 10.0 Å². The largest absolute Gasteiger partial charge is 0.464 e. The zero-order valence-corrected chi connectivity index (χ0v) is 20.5. The third-order valence-corrected chi connectivity index (χ3v) is 6.67. The molecule has 2 aromatic carbocycles. The third-order valence-electron chi connectivity index (χ3n) is 6.13. The number of carbonyl (C=O) groups excluding carboxylic acids is 1. The van der Waals surface area contributed by atoms with Crippen molar-refractivity contribution >= 4 is 34.8 Å². The van der Waals surface area contributed by atoms with Crippen molar-refractivity contribution in [2.24, 2.45) is 11.7 Å². The molecular formula is C26H33Cl2N3O2. The molecule has 2 N–H and O–H groups in total. The Kier molecular flexibility index (Phi) is 9.92. The van der Waals surface area contributed by atoms with E-state index in [0.29, 0.717) is 10.8 Å². The number of nitrogens with two attached hydrogens (primary N) is 1. The highest BCUT2D eigenvalue weighted by Gasteiger charge is 2.26. The average molecular weight is 490 g/mol. The van der Waals surface area contributed by atoms with Gasteiger partial charge in [0.15, 0.2) is 0 Å². The minimum Gasteiger partial charge on any atom is -0.464 e. The van der Waals surface area contributed by atoms with Gasteiger partial charge in [-0.05, 0) is 93.7 Å². The summed E-state index contributed by atoms with van der Waals surface area (Å²) in [5, 5.41) is 1.39. The van der Waals surface area contributed by atoms with Crippen molar-refractivity contribution in [2.45, 2.75) is 32.1 Å². The van der Waals surface area contributed by atoms with Crippen LogP contribution in [0.25, 0.3) is 0 Å². The molecule has 33 heavy (non-hydrogen) atoms. The van der Waals surface area contributed by atoms with E-state index in [9.17, 15) is 4.79 Å². The van der Waals surface area contributed by atoms with Crippen molar-refractivity contribution in [1.29, 1.82) is 0 Å². The molecule has 178 valence electrons. The van der Waals surface area contributed by atoms with E-state index in [1.165, 1.54) is 50.7 Å². The Morgan fingerprint density at radius 2 is 1.85 bits per heavy atom. The lowest BCUT2D eigenvalue weighted by Gasteiger charge is -2.17. The summed E-state index contributed by atoms with van der Waals surface area (Å²) in [5.41, 5.74) is 7.65. The lowest BCUT2D eigenvalue weighted by atomic mass is 10.1. The predicted molar refractivity (Wildman–Crippen MR) is 137 cm³/mol. The van der Waals surface area contributed by atoms with Gasteiger partial charge in [0.25, 0.3) is 0 Å². The molecule has 1 atom stereocenters. The molecule has 0 aliphatic carbocycles. The molecule has 4 rings (SSSR count). The Hall–Kier alpha value is -2.21. The second-order valence-corrected chi connectivity index (χ2v) is 9.36. The molecule has 0 bridgehead atoms. The topological polar surface area (TPSA) is 58.8 Å².